The van der Waals surface area contributed by atoms with Crippen LogP contribution in [0.2, 0.25) is 5.02 Å². The molecule has 6 heteroatoms. The minimum atomic E-state index is 0.162. The van der Waals surface area contributed by atoms with Gasteiger partial charge in [-0.05, 0) is 24.3 Å². The lowest BCUT2D eigenvalue weighted by atomic mass is 10.2. The summed E-state index contributed by atoms with van der Waals surface area (Å²) in [6, 6.07) is 15.7. The molecular formula is C19H21ClN2O2S. The molecule has 0 unspecified atom stereocenters. The number of halogens is 1. The average Bonchev–Trinajstić information content (AvgIpc) is 2.67. The highest BCUT2D eigenvalue weighted by molar-refractivity contribution is 8.00. The van der Waals surface area contributed by atoms with Crippen molar-refractivity contribution in [1.29, 1.82) is 0 Å². The Kier molecular flexibility index (Phi) is 6.10. The summed E-state index contributed by atoms with van der Waals surface area (Å²) in [6.45, 7) is 3.13. The molecule has 4 nitrogen and oxygen atoms in total. The lowest BCUT2D eigenvalue weighted by Crippen LogP contribution is -2.49. The van der Waals surface area contributed by atoms with Crippen molar-refractivity contribution in [1.82, 2.24) is 4.90 Å². The van der Waals surface area contributed by atoms with Crippen molar-refractivity contribution in [3.63, 3.8) is 0 Å². The van der Waals surface area contributed by atoms with E-state index in [-0.39, 0.29) is 5.91 Å². The summed E-state index contributed by atoms with van der Waals surface area (Å²) in [4.78, 5) is 17.6. The highest BCUT2D eigenvalue weighted by Gasteiger charge is 2.21. The smallest absolute Gasteiger partial charge is 0.233 e. The van der Waals surface area contributed by atoms with Crippen LogP contribution >= 0.6 is 23.4 Å². The van der Waals surface area contributed by atoms with Crippen LogP contribution < -0.4 is 9.64 Å². The first-order valence-corrected chi connectivity index (χ1v) is 9.58. The Hall–Kier alpha value is -1.85. The summed E-state index contributed by atoms with van der Waals surface area (Å²) in [5.41, 5.74) is 1.14. The number of carbonyl (C=O) groups is 1. The second-order valence-corrected chi connectivity index (χ2v) is 7.21. The van der Waals surface area contributed by atoms with Crippen molar-refractivity contribution in [3.8, 4) is 5.75 Å². The number of methoxy groups -OCH3 is 1. The normalized spacial score (nSPS) is 14.5. The van der Waals surface area contributed by atoms with E-state index in [0.717, 1.165) is 42.5 Å². The Morgan fingerprint density at radius 2 is 1.88 bits per heavy atom. The number of hydrogen-bond acceptors (Lipinski definition) is 4. The summed E-state index contributed by atoms with van der Waals surface area (Å²) in [5, 5.41) is 0.697. The van der Waals surface area contributed by atoms with Gasteiger partial charge in [0.15, 0.2) is 0 Å². The Balaban J connectivity index is 1.51. The van der Waals surface area contributed by atoms with Gasteiger partial charge in [0.1, 0.15) is 5.75 Å². The minimum absolute atomic E-state index is 0.162. The molecule has 1 amide bonds. The van der Waals surface area contributed by atoms with E-state index in [1.807, 2.05) is 47.4 Å². The van der Waals surface area contributed by atoms with Gasteiger partial charge in [-0.3, -0.25) is 4.79 Å². The SMILES string of the molecule is COc1cccc(N2CCN(C(=O)CSc3ccccc3Cl)CC2)c1. The van der Waals surface area contributed by atoms with Crippen molar-refractivity contribution in [2.75, 3.05) is 43.9 Å². The number of carbonyl (C=O) groups excluding carboxylic acids is 1. The van der Waals surface area contributed by atoms with E-state index in [1.54, 1.807) is 7.11 Å². The van der Waals surface area contributed by atoms with E-state index in [1.165, 1.54) is 11.8 Å². The van der Waals surface area contributed by atoms with Crippen molar-refractivity contribution in [2.24, 2.45) is 0 Å². The van der Waals surface area contributed by atoms with E-state index in [2.05, 4.69) is 11.0 Å². The monoisotopic (exact) mass is 376 g/mol. The maximum atomic E-state index is 12.4. The lowest BCUT2D eigenvalue weighted by Gasteiger charge is -2.36. The van der Waals surface area contributed by atoms with Gasteiger partial charge in [-0.2, -0.15) is 0 Å². The van der Waals surface area contributed by atoms with Gasteiger partial charge in [-0.1, -0.05) is 29.8 Å². The van der Waals surface area contributed by atoms with Gasteiger partial charge >= 0.3 is 0 Å². The molecule has 1 aliphatic rings. The Labute approximate surface area is 157 Å². The summed E-state index contributed by atoms with van der Waals surface area (Å²) in [5.74, 6) is 1.44. The van der Waals surface area contributed by atoms with Gasteiger partial charge in [0, 0.05) is 42.8 Å². The standard InChI is InChI=1S/C19H21ClN2O2S/c1-24-16-6-4-5-15(13-16)21-9-11-22(12-10-21)19(23)14-25-18-8-3-2-7-17(18)20/h2-8,13H,9-12,14H2,1H3. The molecule has 0 aromatic heterocycles. The molecule has 25 heavy (non-hydrogen) atoms. The van der Waals surface area contributed by atoms with Crippen LogP contribution in [0.3, 0.4) is 0 Å². The fraction of sp³-hybridized carbons (Fsp3) is 0.316. The van der Waals surface area contributed by atoms with Gasteiger partial charge in [0.05, 0.1) is 17.9 Å². The third-order valence-corrected chi connectivity index (χ3v) is 5.74. The van der Waals surface area contributed by atoms with Crippen LogP contribution in [-0.4, -0.2) is 49.8 Å². The molecule has 132 valence electrons. The first-order chi connectivity index (χ1) is 12.2. The largest absolute Gasteiger partial charge is 0.497 e. The molecule has 0 radical (unpaired) electrons. The molecule has 0 spiro atoms. The fourth-order valence-corrected chi connectivity index (χ4v) is 3.96. The molecule has 1 saturated heterocycles. The zero-order valence-corrected chi connectivity index (χ0v) is 15.7. The molecule has 1 fully saturated rings. The van der Waals surface area contributed by atoms with Crippen LogP contribution in [0.15, 0.2) is 53.4 Å². The molecule has 0 aliphatic carbocycles. The lowest BCUT2D eigenvalue weighted by molar-refractivity contribution is -0.128. The number of ether oxygens (including phenoxy) is 1. The summed E-state index contributed by atoms with van der Waals surface area (Å²) in [6.07, 6.45) is 0. The number of anilines is 1. The van der Waals surface area contributed by atoms with Gasteiger partial charge in [0.25, 0.3) is 0 Å². The van der Waals surface area contributed by atoms with Gasteiger partial charge in [0.2, 0.25) is 5.91 Å². The molecule has 1 aliphatic heterocycles. The minimum Gasteiger partial charge on any atom is -0.497 e. The van der Waals surface area contributed by atoms with Gasteiger partial charge in [-0.25, -0.2) is 0 Å². The first-order valence-electron chi connectivity index (χ1n) is 8.21. The van der Waals surface area contributed by atoms with E-state index in [4.69, 9.17) is 16.3 Å². The Bertz CT molecular complexity index is 733. The zero-order chi connectivity index (χ0) is 17.6. The van der Waals surface area contributed by atoms with Crippen molar-refractivity contribution in [2.45, 2.75) is 4.90 Å². The highest BCUT2D eigenvalue weighted by atomic mass is 35.5. The maximum absolute atomic E-state index is 12.4. The van der Waals surface area contributed by atoms with Crippen molar-refractivity contribution in [3.05, 3.63) is 53.6 Å². The predicted octanol–water partition coefficient (Wildman–Crippen LogP) is 3.79. The summed E-state index contributed by atoms with van der Waals surface area (Å²) >= 11 is 7.64. The van der Waals surface area contributed by atoms with Crippen molar-refractivity contribution >= 4 is 35.0 Å². The number of rotatable bonds is 5. The van der Waals surface area contributed by atoms with Crippen LogP contribution in [-0.2, 0) is 4.79 Å². The van der Waals surface area contributed by atoms with Gasteiger partial charge < -0.3 is 14.5 Å². The molecule has 0 atom stereocenters. The van der Waals surface area contributed by atoms with E-state index in [9.17, 15) is 4.79 Å². The molecule has 3 rings (SSSR count). The Morgan fingerprint density at radius 1 is 1.12 bits per heavy atom. The van der Waals surface area contributed by atoms with Crippen LogP contribution in [0.1, 0.15) is 0 Å². The van der Waals surface area contributed by atoms with Crippen LogP contribution in [0.25, 0.3) is 0 Å². The number of thioether (sulfide) groups is 1. The second-order valence-electron chi connectivity index (χ2n) is 5.79. The zero-order valence-electron chi connectivity index (χ0n) is 14.2. The third-order valence-electron chi connectivity index (χ3n) is 4.24. The summed E-state index contributed by atoms with van der Waals surface area (Å²) < 4.78 is 5.28. The number of nitrogens with zero attached hydrogens (tertiary/aromatic N) is 2. The fourth-order valence-electron chi connectivity index (χ4n) is 2.81. The van der Waals surface area contributed by atoms with E-state index in [0.29, 0.717) is 10.8 Å². The average molecular weight is 377 g/mol. The summed E-state index contributed by atoms with van der Waals surface area (Å²) in [7, 11) is 1.67. The van der Waals surface area contributed by atoms with Gasteiger partial charge in [-0.15, -0.1) is 11.8 Å². The van der Waals surface area contributed by atoms with E-state index >= 15 is 0 Å². The molecule has 1 heterocycles. The Morgan fingerprint density at radius 3 is 2.60 bits per heavy atom. The molecular weight excluding hydrogens is 356 g/mol. The van der Waals surface area contributed by atoms with Crippen LogP contribution in [0.5, 0.6) is 5.75 Å². The number of hydrogen-bond donors (Lipinski definition) is 0. The van der Waals surface area contributed by atoms with Crippen molar-refractivity contribution < 1.29 is 9.53 Å². The first kappa shape index (κ1) is 18.0. The quantitative estimate of drug-likeness (QED) is 0.743. The van der Waals surface area contributed by atoms with Crippen LogP contribution in [0, 0.1) is 0 Å². The number of piperazine rings is 1. The molecule has 0 saturated carbocycles. The highest BCUT2D eigenvalue weighted by Crippen LogP contribution is 2.27. The number of amides is 1. The molecule has 0 N–H and O–H groups in total. The second kappa shape index (κ2) is 8.50. The third kappa shape index (κ3) is 4.61. The maximum Gasteiger partial charge on any atom is 0.233 e. The molecule has 2 aromatic carbocycles. The van der Waals surface area contributed by atoms with E-state index < -0.39 is 0 Å². The van der Waals surface area contributed by atoms with Crippen LogP contribution in [0.4, 0.5) is 5.69 Å². The molecule has 2 aromatic rings. The predicted molar refractivity (Wildman–Crippen MR) is 104 cm³/mol. The number of benzene rings is 2. The topological polar surface area (TPSA) is 32.8 Å². The molecule has 0 bridgehead atoms.